The lowest BCUT2D eigenvalue weighted by Crippen LogP contribution is -2.27. The summed E-state index contributed by atoms with van der Waals surface area (Å²) in [6.45, 7) is 18.8. The summed E-state index contributed by atoms with van der Waals surface area (Å²) in [5.74, 6) is 1.79. The Morgan fingerprint density at radius 3 is 1.33 bits per heavy atom. The first-order valence-electron chi connectivity index (χ1n) is 29.3. The molecule has 0 aliphatic carbocycles. The van der Waals surface area contributed by atoms with Gasteiger partial charge in [0.1, 0.15) is 11.5 Å². The SMILES string of the molecule is CC(C)(C)c1cc(-c2ccc(-n3c4ccccc4c4ccccc43)cc2)c2c(c1)C(C)(C)Cc1cc(c(-c3ccc(N(c4ccc(-c5cccc6ccccc56)cc4)c4ccc(-c5cccc6ccccc56)cc4)cc3)cc1C(C)(C)C)O2. The quantitative estimate of drug-likeness (QED) is 0.151. The highest BCUT2D eigenvalue weighted by molar-refractivity contribution is 6.09. The molecule has 0 radical (unpaired) electrons. The van der Waals surface area contributed by atoms with Crippen molar-refractivity contribution in [1.29, 1.82) is 0 Å². The van der Waals surface area contributed by atoms with Crippen LogP contribution in [0.15, 0.2) is 255 Å². The normalized spacial score (nSPS) is 13.2. The number of nitrogens with zero attached hydrogens (tertiary/aromatic N) is 2. The van der Waals surface area contributed by atoms with Gasteiger partial charge in [-0.25, -0.2) is 0 Å². The van der Waals surface area contributed by atoms with Crippen molar-refractivity contribution in [2.75, 3.05) is 4.90 Å². The first-order valence-corrected chi connectivity index (χ1v) is 29.3. The summed E-state index contributed by atoms with van der Waals surface area (Å²) in [6, 6.07) is 94.0. The molecule has 13 aromatic rings. The number of ether oxygens (including phenoxy) is 1. The minimum atomic E-state index is -0.251. The van der Waals surface area contributed by atoms with Crippen LogP contribution in [0, 0.1) is 0 Å². The molecule has 0 amide bonds. The number of hydrogen-bond donors (Lipinski definition) is 0. The lowest BCUT2D eigenvalue weighted by Gasteiger charge is -2.36. The van der Waals surface area contributed by atoms with Crippen LogP contribution in [0.5, 0.6) is 11.5 Å². The van der Waals surface area contributed by atoms with Crippen molar-refractivity contribution in [3.05, 3.63) is 277 Å². The van der Waals surface area contributed by atoms with Crippen molar-refractivity contribution in [3.63, 3.8) is 0 Å². The van der Waals surface area contributed by atoms with Gasteiger partial charge >= 0.3 is 0 Å². The van der Waals surface area contributed by atoms with E-state index in [1.807, 2.05) is 0 Å². The van der Waals surface area contributed by atoms with E-state index < -0.39 is 0 Å². The van der Waals surface area contributed by atoms with Crippen molar-refractivity contribution in [2.24, 2.45) is 0 Å². The highest BCUT2D eigenvalue weighted by atomic mass is 16.5. The highest BCUT2D eigenvalue weighted by Gasteiger charge is 2.35. The lowest BCUT2D eigenvalue weighted by molar-refractivity contribution is 0.426. The van der Waals surface area contributed by atoms with Gasteiger partial charge in [0.25, 0.3) is 0 Å². The molecule has 83 heavy (non-hydrogen) atoms. The Balaban J connectivity index is 0.882. The molecule has 0 saturated heterocycles. The number of aromatic nitrogens is 1. The summed E-state index contributed by atoms with van der Waals surface area (Å²) in [5, 5.41) is 7.49. The van der Waals surface area contributed by atoms with Crippen molar-refractivity contribution < 1.29 is 4.74 Å². The maximum Gasteiger partial charge on any atom is 0.139 e. The molecule has 0 unspecified atom stereocenters. The number of anilines is 3. The maximum absolute atomic E-state index is 7.65. The second-order valence-electron chi connectivity index (χ2n) is 25.5. The van der Waals surface area contributed by atoms with Crippen molar-refractivity contribution in [3.8, 4) is 61.7 Å². The summed E-state index contributed by atoms with van der Waals surface area (Å²) in [6.07, 6.45) is 0.871. The molecule has 0 saturated carbocycles. The zero-order chi connectivity index (χ0) is 56.8. The second kappa shape index (κ2) is 19.9. The van der Waals surface area contributed by atoms with Gasteiger partial charge in [0.05, 0.1) is 11.0 Å². The van der Waals surface area contributed by atoms with E-state index in [0.29, 0.717) is 0 Å². The van der Waals surface area contributed by atoms with Crippen LogP contribution in [0.3, 0.4) is 0 Å². The number of benzene rings is 12. The molecule has 1 aromatic heterocycles. The molecule has 3 heteroatoms. The molecule has 3 nitrogen and oxygen atoms in total. The third kappa shape index (κ3) is 9.26. The minimum absolute atomic E-state index is 0.103. The predicted molar refractivity (Wildman–Crippen MR) is 353 cm³/mol. The molecule has 2 heterocycles. The van der Waals surface area contributed by atoms with E-state index in [0.717, 1.165) is 62.9 Å². The Labute approximate surface area is 488 Å². The standard InChI is InChI=1S/C80H68N2O/c1-78(2,3)59-48-71(57-37-45-63(46-38-57)82-74-29-15-13-25-68(74)69-26-14-16-30-75(69)82)77-73(49-59)80(7,8)51-58-47-76(83-77)70(50-72(58)79(4,5)6)56-35-43-62(44-36-56)81(60-39-31-54(32-40-60)66-27-17-21-52-19-9-11-23-64(52)66)61-41-33-55(34-42-61)67-28-18-22-53-20-10-12-24-65(53)67/h9-50H,51H2,1-8H3. The Bertz CT molecular complexity index is 4440. The van der Waals surface area contributed by atoms with Gasteiger partial charge in [-0.1, -0.05) is 231 Å². The monoisotopic (exact) mass is 1070 g/mol. The summed E-state index contributed by atoms with van der Waals surface area (Å²) in [5.41, 5.74) is 20.7. The fourth-order valence-corrected chi connectivity index (χ4v) is 13.1. The highest BCUT2D eigenvalue weighted by Crippen LogP contribution is 2.52. The second-order valence-corrected chi connectivity index (χ2v) is 25.5. The molecule has 0 N–H and O–H groups in total. The molecule has 1 aliphatic rings. The van der Waals surface area contributed by atoms with Gasteiger partial charge in [-0.15, -0.1) is 0 Å². The van der Waals surface area contributed by atoms with Crippen molar-refractivity contribution in [1.82, 2.24) is 4.57 Å². The average Bonchev–Trinajstić information content (AvgIpc) is 3.50. The summed E-state index contributed by atoms with van der Waals surface area (Å²) >= 11 is 0. The van der Waals surface area contributed by atoms with E-state index in [-0.39, 0.29) is 16.2 Å². The van der Waals surface area contributed by atoms with Crippen LogP contribution in [0.4, 0.5) is 17.1 Å². The zero-order valence-electron chi connectivity index (χ0n) is 48.8. The molecular weight excluding hydrogens is 1000 g/mol. The Hall–Kier alpha value is -9.44. The fraction of sp³-hybridized carbons (Fsp3) is 0.150. The van der Waals surface area contributed by atoms with Crippen molar-refractivity contribution >= 4 is 60.4 Å². The number of rotatable bonds is 8. The smallest absolute Gasteiger partial charge is 0.139 e. The van der Waals surface area contributed by atoms with Crippen molar-refractivity contribution in [2.45, 2.75) is 78.1 Å². The van der Waals surface area contributed by atoms with E-state index in [2.05, 4.69) is 320 Å². The zero-order valence-corrected chi connectivity index (χ0v) is 48.8. The molecule has 0 spiro atoms. The molecule has 2 bridgehead atoms. The number of para-hydroxylation sites is 2. The van der Waals surface area contributed by atoms with Crippen LogP contribution in [0.1, 0.15) is 77.6 Å². The lowest BCUT2D eigenvalue weighted by atomic mass is 9.71. The molecule has 0 atom stereocenters. The van der Waals surface area contributed by atoms with Gasteiger partial charge < -0.3 is 14.2 Å². The predicted octanol–water partition coefficient (Wildman–Crippen LogP) is 22.4. The Morgan fingerprint density at radius 1 is 0.398 bits per heavy atom. The van der Waals surface area contributed by atoms with Crippen LogP contribution in [-0.4, -0.2) is 4.57 Å². The van der Waals surface area contributed by atoms with Crippen LogP contribution in [0.2, 0.25) is 0 Å². The van der Waals surface area contributed by atoms with Gasteiger partial charge in [0.2, 0.25) is 0 Å². The summed E-state index contributed by atoms with van der Waals surface area (Å²) in [7, 11) is 0. The fourth-order valence-electron chi connectivity index (χ4n) is 13.1. The van der Waals surface area contributed by atoms with E-state index >= 15 is 0 Å². The Morgan fingerprint density at radius 2 is 0.831 bits per heavy atom. The van der Waals surface area contributed by atoms with Crippen LogP contribution in [-0.2, 0) is 22.7 Å². The number of hydrogen-bond acceptors (Lipinski definition) is 2. The summed E-state index contributed by atoms with van der Waals surface area (Å²) in [4.78, 5) is 2.38. The van der Waals surface area contributed by atoms with Crippen LogP contribution < -0.4 is 9.64 Å². The van der Waals surface area contributed by atoms with Gasteiger partial charge in [-0.2, -0.15) is 0 Å². The van der Waals surface area contributed by atoms with E-state index in [4.69, 9.17) is 4.74 Å². The van der Waals surface area contributed by atoms with Gasteiger partial charge in [0, 0.05) is 50.2 Å². The molecule has 14 rings (SSSR count). The largest absolute Gasteiger partial charge is 0.456 e. The third-order valence-corrected chi connectivity index (χ3v) is 17.4. The Kier molecular flexibility index (Phi) is 12.4. The maximum atomic E-state index is 7.65. The molecular formula is C80H68N2O. The van der Waals surface area contributed by atoms with Gasteiger partial charge in [-0.3, -0.25) is 0 Å². The van der Waals surface area contributed by atoms with E-state index in [1.54, 1.807) is 0 Å². The first-order chi connectivity index (χ1) is 40.1. The topological polar surface area (TPSA) is 17.4 Å². The number of fused-ring (bicyclic) bond motifs is 8. The molecule has 12 aromatic carbocycles. The first kappa shape index (κ1) is 51.7. The molecule has 1 aliphatic heterocycles. The molecule has 0 fully saturated rings. The third-order valence-electron chi connectivity index (χ3n) is 17.4. The van der Waals surface area contributed by atoms with E-state index in [9.17, 15) is 0 Å². The van der Waals surface area contributed by atoms with E-state index in [1.165, 1.54) is 87.9 Å². The van der Waals surface area contributed by atoms with Gasteiger partial charge in [0.15, 0.2) is 0 Å². The minimum Gasteiger partial charge on any atom is -0.456 e. The summed E-state index contributed by atoms with van der Waals surface area (Å²) < 4.78 is 10.0. The van der Waals surface area contributed by atoms with Crippen LogP contribution in [0.25, 0.3) is 93.5 Å². The average molecular weight is 1070 g/mol. The molecule has 404 valence electrons. The van der Waals surface area contributed by atoms with Crippen LogP contribution >= 0.6 is 0 Å². The van der Waals surface area contributed by atoms with Gasteiger partial charge in [-0.05, 0) is 173 Å².